The Hall–Kier alpha value is -1.62. The molecular formula is C20H31N3O2. The molecule has 1 amide bonds. The summed E-state index contributed by atoms with van der Waals surface area (Å²) in [4.78, 5) is 32.3. The van der Waals surface area contributed by atoms with Gasteiger partial charge in [-0.3, -0.25) is 9.59 Å². The van der Waals surface area contributed by atoms with Crippen molar-refractivity contribution in [2.75, 3.05) is 33.2 Å². The number of aromatic nitrogens is 1. The van der Waals surface area contributed by atoms with Gasteiger partial charge in [0.15, 0.2) is 5.78 Å². The second-order valence-corrected chi connectivity index (χ2v) is 8.13. The Labute approximate surface area is 150 Å². The molecule has 2 aliphatic heterocycles. The fourth-order valence-electron chi connectivity index (χ4n) is 4.65. The standard InChI is InChI=1S/C20H31N3O2/c1-14-17(15(2)21-18(14)16(3)24)19(25)23-12-8-20(9-13-23)6-5-10-22(4)11-7-20/h21H,5-13H2,1-4H3. The number of amides is 1. The zero-order valence-corrected chi connectivity index (χ0v) is 16.1. The Kier molecular flexibility index (Phi) is 5.05. The third-order valence-electron chi connectivity index (χ3n) is 6.39. The fraction of sp³-hybridized carbons (Fsp3) is 0.700. The van der Waals surface area contributed by atoms with E-state index >= 15 is 0 Å². The number of H-pyrrole nitrogens is 1. The lowest BCUT2D eigenvalue weighted by Crippen LogP contribution is -2.43. The van der Waals surface area contributed by atoms with Gasteiger partial charge >= 0.3 is 0 Å². The minimum absolute atomic E-state index is 0.0141. The molecule has 2 fully saturated rings. The van der Waals surface area contributed by atoms with E-state index in [-0.39, 0.29) is 11.7 Å². The predicted molar refractivity (Wildman–Crippen MR) is 99.2 cm³/mol. The van der Waals surface area contributed by atoms with Gasteiger partial charge in [0.1, 0.15) is 0 Å². The molecule has 0 bridgehead atoms. The third-order valence-corrected chi connectivity index (χ3v) is 6.39. The van der Waals surface area contributed by atoms with Crippen LogP contribution in [-0.4, -0.2) is 59.7 Å². The van der Waals surface area contributed by atoms with E-state index in [0.717, 1.165) is 37.2 Å². The Morgan fingerprint density at radius 1 is 1.00 bits per heavy atom. The van der Waals surface area contributed by atoms with Gasteiger partial charge in [-0.15, -0.1) is 0 Å². The Morgan fingerprint density at radius 2 is 1.64 bits per heavy atom. The fourth-order valence-corrected chi connectivity index (χ4v) is 4.65. The molecule has 0 radical (unpaired) electrons. The molecule has 25 heavy (non-hydrogen) atoms. The van der Waals surface area contributed by atoms with Crippen LogP contribution in [0.3, 0.4) is 0 Å². The number of aryl methyl sites for hydroxylation is 1. The summed E-state index contributed by atoms with van der Waals surface area (Å²) < 4.78 is 0. The zero-order valence-electron chi connectivity index (χ0n) is 16.1. The quantitative estimate of drug-likeness (QED) is 0.838. The summed E-state index contributed by atoms with van der Waals surface area (Å²) in [6.07, 6.45) is 6.02. The molecule has 3 rings (SSSR count). The largest absolute Gasteiger partial charge is 0.355 e. The second-order valence-electron chi connectivity index (χ2n) is 8.13. The van der Waals surface area contributed by atoms with Gasteiger partial charge in [0, 0.05) is 25.7 Å². The normalized spacial score (nSPS) is 21.4. The van der Waals surface area contributed by atoms with Crippen molar-refractivity contribution in [2.45, 2.75) is 52.9 Å². The number of ketones is 1. The second kappa shape index (κ2) is 6.94. The first-order valence-electron chi connectivity index (χ1n) is 9.51. The summed E-state index contributed by atoms with van der Waals surface area (Å²) >= 11 is 0. The lowest BCUT2D eigenvalue weighted by atomic mass is 9.73. The van der Waals surface area contributed by atoms with Gasteiger partial charge < -0.3 is 14.8 Å². The number of piperidine rings is 1. The van der Waals surface area contributed by atoms with E-state index < -0.39 is 0 Å². The first-order valence-corrected chi connectivity index (χ1v) is 9.51. The molecule has 138 valence electrons. The molecule has 0 aliphatic carbocycles. The summed E-state index contributed by atoms with van der Waals surface area (Å²) in [5.74, 6) is 0.0687. The molecule has 1 aromatic rings. The SMILES string of the molecule is CC(=O)c1[nH]c(C)c(C(=O)N2CCC3(CCCN(C)CC3)CC2)c1C. The van der Waals surface area contributed by atoms with E-state index in [9.17, 15) is 9.59 Å². The molecule has 1 N–H and O–H groups in total. The highest BCUT2D eigenvalue weighted by atomic mass is 16.2. The van der Waals surface area contributed by atoms with E-state index in [4.69, 9.17) is 0 Å². The van der Waals surface area contributed by atoms with E-state index in [1.165, 1.54) is 32.4 Å². The number of rotatable bonds is 2. The van der Waals surface area contributed by atoms with Crippen LogP contribution in [0.5, 0.6) is 0 Å². The first kappa shape index (κ1) is 18.2. The van der Waals surface area contributed by atoms with Crippen LogP contribution >= 0.6 is 0 Å². The van der Waals surface area contributed by atoms with Crippen LogP contribution in [0, 0.1) is 19.3 Å². The summed E-state index contributed by atoms with van der Waals surface area (Å²) in [5.41, 5.74) is 3.30. The third kappa shape index (κ3) is 3.52. The predicted octanol–water partition coefficient (Wildman–Crippen LogP) is 3.17. The van der Waals surface area contributed by atoms with Gasteiger partial charge in [0.2, 0.25) is 0 Å². The van der Waals surface area contributed by atoms with Crippen molar-refractivity contribution in [3.8, 4) is 0 Å². The highest BCUT2D eigenvalue weighted by Crippen LogP contribution is 2.41. The van der Waals surface area contributed by atoms with Crippen molar-refractivity contribution in [3.05, 3.63) is 22.5 Å². The van der Waals surface area contributed by atoms with Crippen LogP contribution in [0.2, 0.25) is 0 Å². The van der Waals surface area contributed by atoms with Crippen LogP contribution in [-0.2, 0) is 0 Å². The van der Waals surface area contributed by atoms with Gasteiger partial charge in [-0.1, -0.05) is 0 Å². The molecule has 0 unspecified atom stereocenters. The van der Waals surface area contributed by atoms with Gasteiger partial charge in [0.25, 0.3) is 5.91 Å². The molecule has 0 saturated carbocycles. The Bertz CT molecular complexity index is 669. The molecule has 0 aromatic carbocycles. The van der Waals surface area contributed by atoms with Crippen molar-refractivity contribution in [1.82, 2.24) is 14.8 Å². The maximum absolute atomic E-state index is 13.1. The maximum Gasteiger partial charge on any atom is 0.255 e. The van der Waals surface area contributed by atoms with E-state index in [0.29, 0.717) is 16.7 Å². The summed E-state index contributed by atoms with van der Waals surface area (Å²) in [6.45, 7) is 9.34. The first-order chi connectivity index (χ1) is 11.8. The molecular weight excluding hydrogens is 314 g/mol. The highest BCUT2D eigenvalue weighted by Gasteiger charge is 2.37. The molecule has 2 saturated heterocycles. The van der Waals surface area contributed by atoms with Crippen molar-refractivity contribution >= 4 is 11.7 Å². The van der Waals surface area contributed by atoms with Crippen molar-refractivity contribution in [1.29, 1.82) is 0 Å². The number of likely N-dealkylation sites (tertiary alicyclic amines) is 2. The summed E-state index contributed by atoms with van der Waals surface area (Å²) in [7, 11) is 2.21. The average Bonchev–Trinajstić information content (AvgIpc) is 2.76. The molecule has 5 nitrogen and oxygen atoms in total. The molecule has 1 spiro atoms. The zero-order chi connectivity index (χ0) is 18.2. The van der Waals surface area contributed by atoms with Crippen molar-refractivity contribution < 1.29 is 9.59 Å². The van der Waals surface area contributed by atoms with E-state index in [2.05, 4.69) is 16.9 Å². The number of hydrogen-bond acceptors (Lipinski definition) is 3. The van der Waals surface area contributed by atoms with Crippen molar-refractivity contribution in [2.24, 2.45) is 5.41 Å². The average molecular weight is 345 g/mol. The van der Waals surface area contributed by atoms with Gasteiger partial charge in [0.05, 0.1) is 11.3 Å². The topological polar surface area (TPSA) is 56.4 Å². The van der Waals surface area contributed by atoms with Gasteiger partial charge in [-0.2, -0.15) is 0 Å². The number of carbonyl (C=O) groups excluding carboxylic acids is 2. The Balaban J connectivity index is 1.71. The molecule has 3 heterocycles. The highest BCUT2D eigenvalue weighted by molar-refractivity contribution is 6.02. The Morgan fingerprint density at radius 3 is 2.24 bits per heavy atom. The smallest absolute Gasteiger partial charge is 0.255 e. The van der Waals surface area contributed by atoms with Crippen molar-refractivity contribution in [3.63, 3.8) is 0 Å². The minimum Gasteiger partial charge on any atom is -0.355 e. The number of nitrogens with zero attached hydrogens (tertiary/aromatic N) is 2. The van der Waals surface area contributed by atoms with Crippen LogP contribution in [0.25, 0.3) is 0 Å². The minimum atomic E-state index is -0.0141. The van der Waals surface area contributed by atoms with E-state index in [1.807, 2.05) is 18.7 Å². The molecule has 1 aromatic heterocycles. The van der Waals surface area contributed by atoms with Gasteiger partial charge in [-0.05, 0) is 77.1 Å². The lowest BCUT2D eigenvalue weighted by Gasteiger charge is -2.41. The molecule has 2 aliphatic rings. The maximum atomic E-state index is 13.1. The number of carbonyl (C=O) groups is 2. The van der Waals surface area contributed by atoms with Gasteiger partial charge in [-0.25, -0.2) is 0 Å². The van der Waals surface area contributed by atoms with Crippen LogP contribution in [0.4, 0.5) is 0 Å². The van der Waals surface area contributed by atoms with Crippen LogP contribution in [0.15, 0.2) is 0 Å². The number of nitrogens with one attached hydrogen (secondary N) is 1. The molecule has 0 atom stereocenters. The van der Waals surface area contributed by atoms with Crippen LogP contribution < -0.4 is 0 Å². The summed E-state index contributed by atoms with van der Waals surface area (Å²) in [6, 6.07) is 0. The summed E-state index contributed by atoms with van der Waals surface area (Å²) in [5, 5.41) is 0. The number of hydrogen-bond donors (Lipinski definition) is 1. The number of Topliss-reactive ketones (excluding diaryl/α,β-unsaturated/α-hetero) is 1. The monoisotopic (exact) mass is 345 g/mol. The lowest BCUT2D eigenvalue weighted by molar-refractivity contribution is 0.0541. The molecule has 5 heteroatoms. The van der Waals surface area contributed by atoms with Crippen LogP contribution in [0.1, 0.15) is 71.1 Å². The number of aromatic amines is 1. The van der Waals surface area contributed by atoms with E-state index in [1.54, 1.807) is 6.92 Å².